The van der Waals surface area contributed by atoms with Crippen LogP contribution in [0.4, 0.5) is 0 Å². The summed E-state index contributed by atoms with van der Waals surface area (Å²) in [6, 6.07) is 8.54. The summed E-state index contributed by atoms with van der Waals surface area (Å²) in [7, 11) is 0. The molecule has 1 aromatic carbocycles. The molecule has 2 fully saturated rings. The SMILES string of the molecule is O=C(NCC1(c2cccc(Br)c2)CCC1)C1CCCNC1. The summed E-state index contributed by atoms with van der Waals surface area (Å²) in [6.07, 6.45) is 5.73. The minimum absolute atomic E-state index is 0.151. The molecule has 1 saturated carbocycles. The maximum Gasteiger partial charge on any atom is 0.224 e. The minimum atomic E-state index is 0.151. The monoisotopic (exact) mass is 350 g/mol. The fraction of sp³-hybridized carbons (Fsp3) is 0.588. The van der Waals surface area contributed by atoms with Crippen LogP contribution in [0.5, 0.6) is 0 Å². The summed E-state index contributed by atoms with van der Waals surface area (Å²) >= 11 is 3.55. The van der Waals surface area contributed by atoms with Crippen molar-refractivity contribution in [3.63, 3.8) is 0 Å². The summed E-state index contributed by atoms with van der Waals surface area (Å²) in [4.78, 5) is 12.3. The fourth-order valence-corrected chi connectivity index (χ4v) is 3.86. The Morgan fingerprint density at radius 1 is 1.38 bits per heavy atom. The Hall–Kier alpha value is -0.870. The van der Waals surface area contributed by atoms with E-state index < -0.39 is 0 Å². The first kappa shape index (κ1) is 15.0. The van der Waals surface area contributed by atoms with Gasteiger partial charge in [-0.2, -0.15) is 0 Å². The van der Waals surface area contributed by atoms with Crippen LogP contribution in [0.25, 0.3) is 0 Å². The second-order valence-corrected chi connectivity index (χ2v) is 7.32. The van der Waals surface area contributed by atoms with Gasteiger partial charge in [-0.05, 0) is 49.9 Å². The van der Waals surface area contributed by atoms with Crippen molar-refractivity contribution >= 4 is 21.8 Å². The molecule has 1 aliphatic carbocycles. The normalized spacial score (nSPS) is 24.1. The number of halogens is 1. The third kappa shape index (κ3) is 3.32. The van der Waals surface area contributed by atoms with Gasteiger partial charge in [0.15, 0.2) is 0 Å². The maximum atomic E-state index is 12.3. The molecule has 21 heavy (non-hydrogen) atoms. The molecule has 4 heteroatoms. The van der Waals surface area contributed by atoms with Crippen LogP contribution in [0.15, 0.2) is 28.7 Å². The second kappa shape index (κ2) is 6.49. The van der Waals surface area contributed by atoms with Crippen LogP contribution < -0.4 is 10.6 Å². The first-order chi connectivity index (χ1) is 10.2. The van der Waals surface area contributed by atoms with Crippen molar-refractivity contribution in [2.24, 2.45) is 5.92 Å². The van der Waals surface area contributed by atoms with Crippen LogP contribution in [0, 0.1) is 5.92 Å². The van der Waals surface area contributed by atoms with Crippen LogP contribution in [-0.4, -0.2) is 25.5 Å². The molecule has 0 radical (unpaired) electrons. The van der Waals surface area contributed by atoms with Gasteiger partial charge in [-0.25, -0.2) is 0 Å². The lowest BCUT2D eigenvalue weighted by Gasteiger charge is -2.43. The van der Waals surface area contributed by atoms with E-state index in [0.29, 0.717) is 0 Å². The van der Waals surface area contributed by atoms with Crippen LogP contribution >= 0.6 is 15.9 Å². The number of carbonyl (C=O) groups excluding carboxylic acids is 1. The van der Waals surface area contributed by atoms with Crippen molar-refractivity contribution in [2.75, 3.05) is 19.6 Å². The average Bonchev–Trinajstić information content (AvgIpc) is 2.47. The number of benzene rings is 1. The minimum Gasteiger partial charge on any atom is -0.355 e. The first-order valence-electron chi connectivity index (χ1n) is 7.94. The molecule has 1 unspecified atom stereocenters. The Labute approximate surface area is 135 Å². The zero-order valence-electron chi connectivity index (χ0n) is 12.3. The molecular weight excluding hydrogens is 328 g/mol. The molecular formula is C17H23BrN2O. The highest BCUT2D eigenvalue weighted by atomic mass is 79.9. The Morgan fingerprint density at radius 3 is 2.86 bits per heavy atom. The Balaban J connectivity index is 1.63. The van der Waals surface area contributed by atoms with Crippen LogP contribution in [0.3, 0.4) is 0 Å². The molecule has 0 bridgehead atoms. The number of carbonyl (C=O) groups is 1. The lowest BCUT2D eigenvalue weighted by atomic mass is 9.64. The standard InChI is InChI=1S/C17H23BrN2O/c18-15-6-1-5-14(10-15)17(7-3-8-17)12-20-16(21)13-4-2-9-19-11-13/h1,5-6,10,13,19H,2-4,7-9,11-12H2,(H,20,21). The molecule has 3 rings (SSSR count). The molecule has 1 aliphatic heterocycles. The molecule has 1 saturated heterocycles. The van der Waals surface area contributed by atoms with Gasteiger partial charge in [0, 0.05) is 23.0 Å². The van der Waals surface area contributed by atoms with Crippen molar-refractivity contribution < 1.29 is 4.79 Å². The summed E-state index contributed by atoms with van der Waals surface area (Å²) in [5.74, 6) is 0.377. The van der Waals surface area contributed by atoms with E-state index in [4.69, 9.17) is 0 Å². The third-order valence-electron chi connectivity index (χ3n) is 5.02. The van der Waals surface area contributed by atoms with Crippen LogP contribution in [-0.2, 0) is 10.2 Å². The average molecular weight is 351 g/mol. The van der Waals surface area contributed by atoms with Gasteiger partial charge in [0.05, 0.1) is 5.92 Å². The molecule has 2 aliphatic rings. The second-order valence-electron chi connectivity index (χ2n) is 6.41. The highest BCUT2D eigenvalue weighted by Gasteiger charge is 2.39. The molecule has 1 heterocycles. The van der Waals surface area contributed by atoms with Crippen molar-refractivity contribution in [1.29, 1.82) is 0 Å². The highest BCUT2D eigenvalue weighted by molar-refractivity contribution is 9.10. The molecule has 1 aromatic rings. The van der Waals surface area contributed by atoms with E-state index in [0.717, 1.165) is 36.9 Å². The van der Waals surface area contributed by atoms with Gasteiger partial charge in [0.1, 0.15) is 0 Å². The lowest BCUT2D eigenvalue weighted by molar-refractivity contribution is -0.125. The zero-order chi connectivity index (χ0) is 14.7. The number of nitrogens with one attached hydrogen (secondary N) is 2. The van der Waals surface area contributed by atoms with E-state index in [-0.39, 0.29) is 17.2 Å². The number of piperidine rings is 1. The topological polar surface area (TPSA) is 41.1 Å². The summed E-state index contributed by atoms with van der Waals surface area (Å²) < 4.78 is 1.12. The molecule has 2 N–H and O–H groups in total. The van der Waals surface area contributed by atoms with Crippen molar-refractivity contribution in [3.8, 4) is 0 Å². The van der Waals surface area contributed by atoms with E-state index in [2.05, 4.69) is 50.8 Å². The fourth-order valence-electron chi connectivity index (χ4n) is 3.47. The number of rotatable bonds is 4. The van der Waals surface area contributed by atoms with E-state index >= 15 is 0 Å². The van der Waals surface area contributed by atoms with Gasteiger partial charge < -0.3 is 10.6 Å². The Morgan fingerprint density at radius 2 is 2.24 bits per heavy atom. The maximum absolute atomic E-state index is 12.3. The molecule has 1 atom stereocenters. The summed E-state index contributed by atoms with van der Waals surface area (Å²) in [5.41, 5.74) is 1.51. The number of hydrogen-bond donors (Lipinski definition) is 2. The van der Waals surface area contributed by atoms with Gasteiger partial charge >= 0.3 is 0 Å². The number of hydrogen-bond acceptors (Lipinski definition) is 2. The van der Waals surface area contributed by atoms with Crippen LogP contribution in [0.2, 0.25) is 0 Å². The van der Waals surface area contributed by atoms with E-state index in [1.807, 2.05) is 0 Å². The molecule has 1 amide bonds. The van der Waals surface area contributed by atoms with Crippen LogP contribution in [0.1, 0.15) is 37.7 Å². The predicted molar refractivity (Wildman–Crippen MR) is 88.3 cm³/mol. The molecule has 114 valence electrons. The smallest absolute Gasteiger partial charge is 0.224 e. The lowest BCUT2D eigenvalue weighted by Crippen LogP contribution is -2.48. The van der Waals surface area contributed by atoms with Gasteiger partial charge in [-0.1, -0.05) is 34.5 Å². The summed E-state index contributed by atoms with van der Waals surface area (Å²) in [5, 5.41) is 6.53. The molecule has 0 spiro atoms. The Kier molecular flexibility index (Phi) is 4.65. The van der Waals surface area contributed by atoms with Crippen molar-refractivity contribution in [1.82, 2.24) is 10.6 Å². The number of amides is 1. The summed E-state index contributed by atoms with van der Waals surface area (Å²) in [6.45, 7) is 2.65. The predicted octanol–water partition coefficient (Wildman–Crippen LogP) is 2.99. The molecule has 0 aromatic heterocycles. The van der Waals surface area contributed by atoms with Gasteiger partial charge in [-0.3, -0.25) is 4.79 Å². The van der Waals surface area contributed by atoms with Gasteiger partial charge in [0.25, 0.3) is 0 Å². The first-order valence-corrected chi connectivity index (χ1v) is 8.73. The van der Waals surface area contributed by atoms with E-state index in [1.165, 1.54) is 24.8 Å². The largest absolute Gasteiger partial charge is 0.355 e. The van der Waals surface area contributed by atoms with Crippen molar-refractivity contribution in [2.45, 2.75) is 37.5 Å². The van der Waals surface area contributed by atoms with E-state index in [9.17, 15) is 4.79 Å². The van der Waals surface area contributed by atoms with E-state index in [1.54, 1.807) is 0 Å². The Bertz CT molecular complexity index is 507. The third-order valence-corrected chi connectivity index (χ3v) is 5.51. The molecule has 3 nitrogen and oxygen atoms in total. The quantitative estimate of drug-likeness (QED) is 0.876. The van der Waals surface area contributed by atoms with Crippen molar-refractivity contribution in [3.05, 3.63) is 34.3 Å². The zero-order valence-corrected chi connectivity index (χ0v) is 13.9. The van der Waals surface area contributed by atoms with Gasteiger partial charge in [0.2, 0.25) is 5.91 Å². The highest BCUT2D eigenvalue weighted by Crippen LogP contribution is 2.43. The van der Waals surface area contributed by atoms with Gasteiger partial charge in [-0.15, -0.1) is 0 Å².